The van der Waals surface area contributed by atoms with Crippen LogP contribution in [0.4, 0.5) is 0 Å². The van der Waals surface area contributed by atoms with Crippen molar-refractivity contribution in [2.45, 2.75) is 26.2 Å². The molecule has 5 heteroatoms. The fourth-order valence-corrected chi connectivity index (χ4v) is 2.00. The van der Waals surface area contributed by atoms with Crippen molar-refractivity contribution in [3.8, 4) is 0 Å². The van der Waals surface area contributed by atoms with Gasteiger partial charge in [-0.25, -0.2) is 0 Å². The third-order valence-corrected chi connectivity index (χ3v) is 3.21. The number of hydrogen-bond donors (Lipinski definition) is 0. The summed E-state index contributed by atoms with van der Waals surface area (Å²) in [7, 11) is 0. The molecule has 0 amide bonds. The second-order valence-corrected chi connectivity index (χ2v) is 4.86. The number of benzene rings is 1. The second-order valence-electron chi connectivity index (χ2n) is 3.95. The summed E-state index contributed by atoms with van der Waals surface area (Å²) in [4.78, 5) is 11.5. The van der Waals surface area contributed by atoms with E-state index in [0.717, 1.165) is 12.8 Å². The zero-order valence-electron chi connectivity index (χ0n) is 10.8. The van der Waals surface area contributed by atoms with E-state index in [1.54, 1.807) is 30.3 Å². The minimum Gasteiger partial charge on any atom is -0.768 e. The van der Waals surface area contributed by atoms with Crippen LogP contribution in [0.5, 0.6) is 0 Å². The van der Waals surface area contributed by atoms with Crippen LogP contribution >= 0.6 is 0 Å². The number of hydrogen-bond acceptors (Lipinski definition) is 4. The lowest BCUT2D eigenvalue weighted by molar-refractivity contribution is -0.142. The van der Waals surface area contributed by atoms with Gasteiger partial charge in [0, 0.05) is 4.91 Å². The van der Waals surface area contributed by atoms with Gasteiger partial charge in [-0.15, -0.1) is 0 Å². The van der Waals surface area contributed by atoms with Gasteiger partial charge in [-0.05, 0) is 23.1 Å². The molecular weight excluding hydrogens is 264 g/mol. The van der Waals surface area contributed by atoms with Gasteiger partial charge in [-0.3, -0.25) is 9.00 Å². The molecule has 1 atom stereocenters. The van der Waals surface area contributed by atoms with Crippen LogP contribution in [0.25, 0.3) is 4.91 Å². The Bertz CT molecular complexity index is 454. The Morgan fingerprint density at radius 1 is 1.37 bits per heavy atom. The van der Waals surface area contributed by atoms with E-state index in [2.05, 4.69) is 0 Å². The van der Waals surface area contributed by atoms with Crippen LogP contribution in [-0.2, 0) is 20.6 Å². The molecule has 0 radical (unpaired) electrons. The maximum Gasteiger partial charge on any atom is 0.309 e. The van der Waals surface area contributed by atoms with Crippen molar-refractivity contribution in [3.63, 3.8) is 0 Å². The van der Waals surface area contributed by atoms with E-state index in [-0.39, 0.29) is 11.3 Å². The number of rotatable bonds is 7. The molecule has 0 heterocycles. The van der Waals surface area contributed by atoms with Gasteiger partial charge in [0.2, 0.25) is 0 Å². The molecular formula is C14H17O4S-. The van der Waals surface area contributed by atoms with Crippen LogP contribution in [0.2, 0.25) is 0 Å². The highest BCUT2D eigenvalue weighted by molar-refractivity contribution is 7.89. The minimum absolute atomic E-state index is 0.0398. The molecule has 104 valence electrons. The Hall–Kier alpha value is -1.46. The van der Waals surface area contributed by atoms with Crippen LogP contribution in [0.1, 0.15) is 31.7 Å². The molecule has 0 saturated carbocycles. The van der Waals surface area contributed by atoms with Gasteiger partial charge in [0.25, 0.3) is 0 Å². The van der Waals surface area contributed by atoms with Crippen molar-refractivity contribution in [1.82, 2.24) is 0 Å². The zero-order chi connectivity index (χ0) is 14.1. The summed E-state index contributed by atoms with van der Waals surface area (Å²) in [6.07, 6.45) is 3.10. The number of ether oxygens (including phenoxy) is 1. The molecule has 0 aliphatic carbocycles. The number of unbranched alkanes of at least 4 members (excludes halogenated alkanes) is 1. The molecule has 0 aliphatic rings. The van der Waals surface area contributed by atoms with E-state index in [1.807, 2.05) is 6.92 Å². The fourth-order valence-electron chi connectivity index (χ4n) is 1.45. The monoisotopic (exact) mass is 281 g/mol. The van der Waals surface area contributed by atoms with Crippen molar-refractivity contribution in [1.29, 1.82) is 0 Å². The first-order valence-corrected chi connectivity index (χ1v) is 7.23. The van der Waals surface area contributed by atoms with Gasteiger partial charge in [0.05, 0.1) is 13.0 Å². The van der Waals surface area contributed by atoms with Gasteiger partial charge >= 0.3 is 5.97 Å². The van der Waals surface area contributed by atoms with Gasteiger partial charge < -0.3 is 9.29 Å². The first-order valence-electron chi connectivity index (χ1n) is 6.15. The van der Waals surface area contributed by atoms with Gasteiger partial charge in [-0.1, -0.05) is 49.8 Å². The van der Waals surface area contributed by atoms with E-state index < -0.39 is 17.0 Å². The summed E-state index contributed by atoms with van der Waals surface area (Å²) in [5, 5.41) is 0. The van der Waals surface area contributed by atoms with Crippen LogP contribution in [0.15, 0.2) is 36.4 Å². The molecule has 0 spiro atoms. The quantitative estimate of drug-likeness (QED) is 0.438. The average molecular weight is 281 g/mol. The smallest absolute Gasteiger partial charge is 0.309 e. The fraction of sp³-hybridized carbons (Fsp3) is 0.357. The van der Waals surface area contributed by atoms with Crippen LogP contribution in [0, 0.1) is 0 Å². The predicted octanol–water partition coefficient (Wildman–Crippen LogP) is 2.64. The molecule has 19 heavy (non-hydrogen) atoms. The summed E-state index contributed by atoms with van der Waals surface area (Å²) < 4.78 is 27.3. The van der Waals surface area contributed by atoms with E-state index in [1.165, 1.54) is 6.08 Å². The molecule has 1 unspecified atom stereocenters. The van der Waals surface area contributed by atoms with E-state index in [4.69, 9.17) is 4.74 Å². The third kappa shape index (κ3) is 5.81. The predicted molar refractivity (Wildman–Crippen MR) is 73.8 cm³/mol. The topological polar surface area (TPSA) is 66.4 Å². The van der Waals surface area contributed by atoms with Crippen LogP contribution in [-0.4, -0.2) is 21.3 Å². The Morgan fingerprint density at radius 2 is 2.05 bits per heavy atom. The summed E-state index contributed by atoms with van der Waals surface area (Å²) in [5.74, 6) is -0.410. The molecule has 0 aliphatic heterocycles. The average Bonchev–Trinajstić information content (AvgIpc) is 2.40. The van der Waals surface area contributed by atoms with E-state index in [9.17, 15) is 13.6 Å². The van der Waals surface area contributed by atoms with Gasteiger partial charge in [0.15, 0.2) is 0 Å². The molecule has 1 rings (SSSR count). The van der Waals surface area contributed by atoms with Crippen molar-refractivity contribution in [3.05, 3.63) is 42.0 Å². The van der Waals surface area contributed by atoms with E-state index >= 15 is 0 Å². The summed E-state index contributed by atoms with van der Waals surface area (Å²) in [6.45, 7) is 2.38. The highest BCUT2D eigenvalue weighted by atomic mass is 32.2. The molecule has 0 N–H and O–H groups in total. The first-order chi connectivity index (χ1) is 9.15. The van der Waals surface area contributed by atoms with Crippen molar-refractivity contribution >= 4 is 22.0 Å². The maximum absolute atomic E-state index is 11.4. The van der Waals surface area contributed by atoms with Gasteiger partial charge in [-0.2, -0.15) is 0 Å². The summed E-state index contributed by atoms with van der Waals surface area (Å²) >= 11 is -2.37. The SMILES string of the molecule is CCCCOC(=O)CC=C(c1ccccc1)S(=O)[O-]. The molecule has 1 aromatic rings. The van der Waals surface area contributed by atoms with Crippen molar-refractivity contribution in [2.24, 2.45) is 0 Å². The maximum atomic E-state index is 11.4. The molecule has 0 aromatic heterocycles. The van der Waals surface area contributed by atoms with E-state index in [0.29, 0.717) is 12.2 Å². The lowest BCUT2D eigenvalue weighted by atomic mass is 10.2. The van der Waals surface area contributed by atoms with Gasteiger partial charge in [0.1, 0.15) is 0 Å². The summed E-state index contributed by atoms with van der Waals surface area (Å²) in [6, 6.07) is 8.66. The standard InChI is InChI=1S/C14H18O4S/c1-2-3-11-18-14(15)10-9-13(19(16)17)12-7-5-4-6-8-12/h4-9H,2-3,10-11H2,1H3,(H,16,17)/p-1. The van der Waals surface area contributed by atoms with Crippen LogP contribution in [0.3, 0.4) is 0 Å². The zero-order valence-corrected chi connectivity index (χ0v) is 11.7. The Labute approximate surface area is 115 Å². The Kier molecular flexibility index (Phi) is 7.07. The highest BCUT2D eigenvalue weighted by Crippen LogP contribution is 2.17. The third-order valence-electron chi connectivity index (χ3n) is 2.45. The number of carbonyl (C=O) groups is 1. The van der Waals surface area contributed by atoms with Crippen LogP contribution < -0.4 is 0 Å². The second kappa shape index (κ2) is 8.61. The van der Waals surface area contributed by atoms with Crippen molar-refractivity contribution < 1.29 is 18.3 Å². The first kappa shape index (κ1) is 15.6. The molecule has 0 bridgehead atoms. The lowest BCUT2D eigenvalue weighted by Gasteiger charge is -2.10. The Morgan fingerprint density at radius 3 is 2.63 bits per heavy atom. The minimum atomic E-state index is -2.37. The largest absolute Gasteiger partial charge is 0.768 e. The number of esters is 1. The molecule has 4 nitrogen and oxygen atoms in total. The molecule has 0 saturated heterocycles. The molecule has 0 fully saturated rings. The lowest BCUT2D eigenvalue weighted by Crippen LogP contribution is -2.05. The molecule has 1 aromatic carbocycles. The van der Waals surface area contributed by atoms with Crippen molar-refractivity contribution in [2.75, 3.05) is 6.61 Å². The number of carbonyl (C=O) groups excluding carboxylic acids is 1. The normalized spacial score (nSPS) is 13.1. The Balaban J connectivity index is 2.65. The highest BCUT2D eigenvalue weighted by Gasteiger charge is 2.05. The summed E-state index contributed by atoms with van der Waals surface area (Å²) in [5.41, 5.74) is 0.567.